The molecule has 0 fully saturated rings. The molecular weight excluding hydrogens is 374 g/mol. The quantitative estimate of drug-likeness (QED) is 0.764. The summed E-state index contributed by atoms with van der Waals surface area (Å²) in [6.45, 7) is 7.82. The fourth-order valence-electron chi connectivity index (χ4n) is 4.28. The summed E-state index contributed by atoms with van der Waals surface area (Å²) in [5, 5.41) is 8.61. The van der Waals surface area contributed by atoms with Gasteiger partial charge in [0, 0.05) is 12.5 Å². The first-order valence-corrected chi connectivity index (χ1v) is 10.1. The lowest BCUT2D eigenvalue weighted by atomic mass is 9.74. The van der Waals surface area contributed by atoms with Gasteiger partial charge in [0.2, 0.25) is 5.91 Å². The summed E-state index contributed by atoms with van der Waals surface area (Å²) in [5.41, 5.74) is 7.30. The van der Waals surface area contributed by atoms with E-state index in [1.54, 1.807) is 6.07 Å². The van der Waals surface area contributed by atoms with Gasteiger partial charge in [0.05, 0.1) is 23.5 Å². The molecule has 2 N–H and O–H groups in total. The monoisotopic (exact) mass is 402 g/mol. The maximum Gasteiger partial charge on any atom is 0.231 e. The van der Waals surface area contributed by atoms with E-state index in [0.29, 0.717) is 19.0 Å². The Morgan fingerprint density at radius 3 is 2.52 bits per heavy atom. The zero-order valence-electron chi connectivity index (χ0n) is 17.2. The van der Waals surface area contributed by atoms with Crippen molar-refractivity contribution in [2.24, 2.45) is 11.7 Å². The Labute approximate surface area is 170 Å². The number of hydrogen-bond acceptors (Lipinski definition) is 4. The second kappa shape index (κ2) is 8.95. The molecule has 1 aromatic carbocycles. The van der Waals surface area contributed by atoms with Gasteiger partial charge in [0.25, 0.3) is 0 Å². The van der Waals surface area contributed by atoms with Crippen LogP contribution in [0.4, 0.5) is 8.78 Å². The van der Waals surface area contributed by atoms with Crippen LogP contribution < -0.4 is 5.73 Å². The highest BCUT2D eigenvalue weighted by Gasteiger charge is 2.32. The summed E-state index contributed by atoms with van der Waals surface area (Å²) in [6, 6.07) is 5.59. The summed E-state index contributed by atoms with van der Waals surface area (Å²) in [7, 11) is 0. The third kappa shape index (κ3) is 4.61. The number of primary amides is 1. The second-order valence-electron chi connectivity index (χ2n) is 8.09. The molecule has 2 unspecified atom stereocenters. The normalized spacial score (nSPS) is 18.9. The predicted octanol–water partition coefficient (Wildman–Crippen LogP) is 3.85. The van der Waals surface area contributed by atoms with Crippen LogP contribution in [0.5, 0.6) is 0 Å². The number of hydrogen-bond donors (Lipinski definition) is 1. The van der Waals surface area contributed by atoms with Gasteiger partial charge >= 0.3 is 0 Å². The molecule has 5 nitrogen and oxygen atoms in total. The number of halogens is 2. The van der Waals surface area contributed by atoms with Crippen molar-refractivity contribution in [3.8, 4) is 11.3 Å². The molecule has 0 bridgehead atoms. The average molecular weight is 402 g/mol. The fraction of sp³-hybridized carbons (Fsp3) is 0.500. The van der Waals surface area contributed by atoms with Gasteiger partial charge in [-0.3, -0.25) is 9.69 Å². The van der Waals surface area contributed by atoms with Crippen molar-refractivity contribution in [3.63, 3.8) is 0 Å². The predicted molar refractivity (Wildman–Crippen MR) is 108 cm³/mol. The second-order valence-corrected chi connectivity index (χ2v) is 8.09. The summed E-state index contributed by atoms with van der Waals surface area (Å²) in [6.07, 6.45) is 1.88. The SMILES string of the molecule is CCN(CC(N)=O)CC1CCC(C(C)C)c2cc(-c3c(F)cccc3F)nnc21. The van der Waals surface area contributed by atoms with Gasteiger partial charge in [-0.05, 0) is 55.0 Å². The number of rotatable bonds is 7. The molecule has 29 heavy (non-hydrogen) atoms. The number of aromatic nitrogens is 2. The van der Waals surface area contributed by atoms with Gasteiger partial charge < -0.3 is 5.73 Å². The Morgan fingerprint density at radius 1 is 1.24 bits per heavy atom. The lowest BCUT2D eigenvalue weighted by Gasteiger charge is -2.35. The van der Waals surface area contributed by atoms with Gasteiger partial charge in [0.1, 0.15) is 11.6 Å². The molecule has 156 valence electrons. The van der Waals surface area contributed by atoms with E-state index in [4.69, 9.17) is 5.73 Å². The smallest absolute Gasteiger partial charge is 0.231 e. The Hall–Kier alpha value is -2.41. The van der Waals surface area contributed by atoms with Gasteiger partial charge in [-0.2, -0.15) is 10.2 Å². The molecular formula is C22H28F2N4O. The molecule has 0 saturated heterocycles. The van der Waals surface area contributed by atoms with Crippen LogP contribution in [0.1, 0.15) is 56.7 Å². The Balaban J connectivity index is 2.01. The fourth-order valence-corrected chi connectivity index (χ4v) is 4.28. The maximum absolute atomic E-state index is 14.3. The zero-order valence-corrected chi connectivity index (χ0v) is 17.2. The van der Waals surface area contributed by atoms with Crippen LogP contribution in [-0.2, 0) is 4.79 Å². The molecule has 0 spiro atoms. The van der Waals surface area contributed by atoms with Crippen LogP contribution in [-0.4, -0.2) is 40.6 Å². The first kappa shape index (κ1) is 21.3. The van der Waals surface area contributed by atoms with E-state index in [-0.39, 0.29) is 35.5 Å². The van der Waals surface area contributed by atoms with Crippen LogP contribution in [0.25, 0.3) is 11.3 Å². The number of fused-ring (bicyclic) bond motifs is 1. The number of carbonyl (C=O) groups is 1. The molecule has 1 aliphatic rings. The van der Waals surface area contributed by atoms with Crippen molar-refractivity contribution in [2.75, 3.05) is 19.6 Å². The highest BCUT2D eigenvalue weighted by molar-refractivity contribution is 5.75. The number of nitrogens with zero attached hydrogens (tertiary/aromatic N) is 3. The van der Waals surface area contributed by atoms with Crippen LogP contribution in [0.2, 0.25) is 0 Å². The van der Waals surface area contributed by atoms with E-state index >= 15 is 0 Å². The van der Waals surface area contributed by atoms with Gasteiger partial charge in [-0.1, -0.05) is 26.8 Å². The van der Waals surface area contributed by atoms with Crippen LogP contribution in [0.3, 0.4) is 0 Å². The van der Waals surface area contributed by atoms with E-state index in [0.717, 1.165) is 24.1 Å². The number of carbonyl (C=O) groups excluding carboxylic acids is 1. The summed E-state index contributed by atoms with van der Waals surface area (Å²) >= 11 is 0. The average Bonchev–Trinajstić information content (AvgIpc) is 2.66. The molecule has 1 aromatic heterocycles. The lowest BCUT2D eigenvalue weighted by molar-refractivity contribution is -0.119. The molecule has 0 saturated carbocycles. The highest BCUT2D eigenvalue weighted by Crippen LogP contribution is 2.42. The molecule has 2 aromatic rings. The van der Waals surface area contributed by atoms with E-state index in [1.807, 2.05) is 11.8 Å². The minimum Gasteiger partial charge on any atom is -0.369 e. The maximum atomic E-state index is 14.3. The van der Waals surface area contributed by atoms with Gasteiger partial charge in [-0.15, -0.1) is 0 Å². The van der Waals surface area contributed by atoms with Crippen molar-refractivity contribution in [1.82, 2.24) is 15.1 Å². The lowest BCUT2D eigenvalue weighted by Crippen LogP contribution is -2.37. The molecule has 1 heterocycles. The van der Waals surface area contributed by atoms with Gasteiger partial charge in [-0.25, -0.2) is 8.78 Å². The van der Waals surface area contributed by atoms with Crippen LogP contribution in [0, 0.1) is 17.6 Å². The first-order chi connectivity index (χ1) is 13.8. The Kier molecular flexibility index (Phi) is 6.57. The molecule has 3 rings (SSSR count). The highest BCUT2D eigenvalue weighted by atomic mass is 19.1. The number of benzene rings is 1. The Morgan fingerprint density at radius 2 is 1.93 bits per heavy atom. The summed E-state index contributed by atoms with van der Waals surface area (Å²) < 4.78 is 28.6. The van der Waals surface area contributed by atoms with Crippen molar-refractivity contribution < 1.29 is 13.6 Å². The van der Waals surface area contributed by atoms with Crippen molar-refractivity contribution in [3.05, 3.63) is 47.2 Å². The van der Waals surface area contributed by atoms with Crippen LogP contribution in [0.15, 0.2) is 24.3 Å². The standard InChI is InChI=1S/C22H28F2N4O/c1-4-28(12-20(25)29)11-14-8-9-15(13(2)3)16-10-19(26-27-22(14)16)21-17(23)6-5-7-18(21)24/h5-7,10,13-15H,4,8-9,11-12H2,1-3H3,(H2,25,29). The summed E-state index contributed by atoms with van der Waals surface area (Å²) in [5.74, 6) is -0.940. The molecule has 0 radical (unpaired) electrons. The van der Waals surface area contributed by atoms with E-state index in [1.165, 1.54) is 18.2 Å². The van der Waals surface area contributed by atoms with E-state index in [9.17, 15) is 13.6 Å². The number of likely N-dealkylation sites (N-methyl/N-ethyl adjacent to an activating group) is 1. The van der Waals surface area contributed by atoms with E-state index < -0.39 is 11.6 Å². The molecule has 0 aliphatic heterocycles. The Bertz CT molecular complexity index is 867. The summed E-state index contributed by atoms with van der Waals surface area (Å²) in [4.78, 5) is 13.3. The molecule has 7 heteroatoms. The van der Waals surface area contributed by atoms with Crippen molar-refractivity contribution in [2.45, 2.75) is 45.4 Å². The first-order valence-electron chi connectivity index (χ1n) is 10.1. The van der Waals surface area contributed by atoms with Gasteiger partial charge in [0.15, 0.2) is 0 Å². The van der Waals surface area contributed by atoms with Crippen molar-refractivity contribution >= 4 is 5.91 Å². The largest absolute Gasteiger partial charge is 0.369 e. The topological polar surface area (TPSA) is 72.1 Å². The third-order valence-electron chi connectivity index (χ3n) is 5.79. The zero-order chi connectivity index (χ0) is 21.1. The minimum absolute atomic E-state index is 0.103. The van der Waals surface area contributed by atoms with Crippen LogP contribution >= 0.6 is 0 Å². The minimum atomic E-state index is -0.647. The van der Waals surface area contributed by atoms with Crippen molar-refractivity contribution in [1.29, 1.82) is 0 Å². The number of amides is 1. The number of nitrogens with two attached hydrogens (primary N) is 1. The third-order valence-corrected chi connectivity index (χ3v) is 5.79. The molecule has 2 atom stereocenters. The molecule has 1 amide bonds. The van der Waals surface area contributed by atoms with E-state index in [2.05, 4.69) is 24.0 Å². The molecule has 1 aliphatic carbocycles.